The van der Waals surface area contributed by atoms with Gasteiger partial charge in [0.2, 0.25) is 0 Å². The highest BCUT2D eigenvalue weighted by Crippen LogP contribution is 2.18. The van der Waals surface area contributed by atoms with E-state index in [-0.39, 0.29) is 11.6 Å². The Labute approximate surface area is 156 Å². The molecule has 27 heavy (non-hydrogen) atoms. The van der Waals surface area contributed by atoms with Crippen LogP contribution in [0.15, 0.2) is 71.7 Å². The number of nitrogens with zero attached hydrogens (tertiary/aromatic N) is 4. The average Bonchev–Trinajstić information content (AvgIpc) is 2.73. The first-order chi connectivity index (χ1) is 13.3. The van der Waals surface area contributed by atoms with Crippen molar-refractivity contribution in [2.45, 2.75) is 13.0 Å². The van der Waals surface area contributed by atoms with Crippen molar-refractivity contribution in [2.24, 2.45) is 0 Å². The van der Waals surface area contributed by atoms with Gasteiger partial charge in [-0.25, -0.2) is 9.97 Å². The van der Waals surface area contributed by atoms with Gasteiger partial charge in [0, 0.05) is 12.1 Å². The minimum Gasteiger partial charge on any atom is -0.467 e. The van der Waals surface area contributed by atoms with E-state index in [2.05, 4.69) is 15.0 Å². The summed E-state index contributed by atoms with van der Waals surface area (Å²) in [6.45, 7) is 0.488. The largest absolute Gasteiger partial charge is 0.467 e. The summed E-state index contributed by atoms with van der Waals surface area (Å²) in [4.78, 5) is 26.2. The average molecular weight is 358 g/mol. The topological polar surface area (TPSA) is 69.9 Å². The summed E-state index contributed by atoms with van der Waals surface area (Å²) in [6, 6.07) is 19.7. The van der Waals surface area contributed by atoms with Gasteiger partial charge in [0.25, 0.3) is 5.56 Å². The van der Waals surface area contributed by atoms with Gasteiger partial charge < -0.3 is 4.74 Å². The summed E-state index contributed by atoms with van der Waals surface area (Å²) in [5, 5.41) is 0. The molecule has 2 heterocycles. The number of rotatable bonds is 5. The van der Waals surface area contributed by atoms with Crippen LogP contribution in [-0.2, 0) is 13.0 Å². The highest BCUT2D eigenvalue weighted by atomic mass is 16.5. The van der Waals surface area contributed by atoms with Crippen molar-refractivity contribution in [1.82, 2.24) is 19.5 Å². The number of benzene rings is 2. The van der Waals surface area contributed by atoms with Gasteiger partial charge in [0.05, 0.1) is 13.3 Å². The van der Waals surface area contributed by atoms with Crippen LogP contribution < -0.4 is 10.3 Å². The Bertz CT molecular complexity index is 1130. The Morgan fingerprint density at radius 1 is 0.963 bits per heavy atom. The standard InChI is InChI=1S/C21H18N4O2/c1-27-21-22-14-17-19(24-21)25(13-12-15-8-4-2-5-9-15)20(26)18(23-17)16-10-6-3-7-11-16/h2-11,14H,12-13H2,1H3. The monoisotopic (exact) mass is 358 g/mol. The molecule has 0 saturated carbocycles. The van der Waals surface area contributed by atoms with Gasteiger partial charge in [-0.2, -0.15) is 4.98 Å². The Hall–Kier alpha value is -3.54. The summed E-state index contributed by atoms with van der Waals surface area (Å²) in [7, 11) is 1.50. The fraction of sp³-hybridized carbons (Fsp3) is 0.143. The maximum Gasteiger partial charge on any atom is 0.318 e. The SMILES string of the molecule is COc1ncc2nc(-c3ccccc3)c(=O)n(CCc3ccccc3)c2n1. The van der Waals surface area contributed by atoms with Crippen LogP contribution in [0.5, 0.6) is 6.01 Å². The molecule has 0 aliphatic rings. The molecule has 134 valence electrons. The predicted molar refractivity (Wildman–Crippen MR) is 104 cm³/mol. The minimum absolute atomic E-state index is 0.176. The Kier molecular flexibility index (Phi) is 4.61. The molecule has 2 aromatic heterocycles. The normalized spacial score (nSPS) is 10.9. The van der Waals surface area contributed by atoms with E-state index in [0.29, 0.717) is 29.8 Å². The number of fused-ring (bicyclic) bond motifs is 1. The van der Waals surface area contributed by atoms with Gasteiger partial charge in [-0.05, 0) is 12.0 Å². The Morgan fingerprint density at radius 2 is 1.67 bits per heavy atom. The molecule has 6 nitrogen and oxygen atoms in total. The third-order valence-corrected chi connectivity index (χ3v) is 4.36. The maximum absolute atomic E-state index is 13.2. The van der Waals surface area contributed by atoms with Gasteiger partial charge in [-0.1, -0.05) is 60.7 Å². The molecule has 0 aliphatic heterocycles. The molecule has 4 rings (SSSR count). The van der Waals surface area contributed by atoms with Gasteiger partial charge in [-0.15, -0.1) is 0 Å². The van der Waals surface area contributed by atoms with Gasteiger partial charge in [0.15, 0.2) is 5.65 Å². The van der Waals surface area contributed by atoms with Crippen molar-refractivity contribution in [3.8, 4) is 17.3 Å². The van der Waals surface area contributed by atoms with E-state index < -0.39 is 0 Å². The smallest absolute Gasteiger partial charge is 0.318 e. The molecule has 0 N–H and O–H groups in total. The van der Waals surface area contributed by atoms with Crippen LogP contribution in [-0.4, -0.2) is 26.6 Å². The Morgan fingerprint density at radius 3 is 2.37 bits per heavy atom. The molecular formula is C21H18N4O2. The fourth-order valence-corrected chi connectivity index (χ4v) is 3.00. The molecule has 0 fully saturated rings. The molecule has 0 amide bonds. The van der Waals surface area contributed by atoms with E-state index in [0.717, 1.165) is 11.1 Å². The summed E-state index contributed by atoms with van der Waals surface area (Å²) in [5.74, 6) is 0. The third kappa shape index (κ3) is 3.42. The molecule has 0 aliphatic carbocycles. The van der Waals surface area contributed by atoms with E-state index in [4.69, 9.17) is 4.74 Å². The molecule has 0 radical (unpaired) electrons. The van der Waals surface area contributed by atoms with Crippen LogP contribution in [0.4, 0.5) is 0 Å². The summed E-state index contributed by atoms with van der Waals surface area (Å²) >= 11 is 0. The van der Waals surface area contributed by atoms with E-state index in [1.54, 1.807) is 10.8 Å². The number of ether oxygens (including phenoxy) is 1. The second kappa shape index (κ2) is 7.37. The lowest BCUT2D eigenvalue weighted by atomic mass is 10.1. The number of aromatic nitrogens is 4. The molecule has 6 heteroatoms. The predicted octanol–water partition coefficient (Wildman–Crippen LogP) is 3.10. The zero-order valence-electron chi connectivity index (χ0n) is 14.9. The summed E-state index contributed by atoms with van der Waals surface area (Å²) in [5.41, 5.74) is 3.17. The second-order valence-corrected chi connectivity index (χ2v) is 6.08. The minimum atomic E-state index is -0.176. The van der Waals surface area contributed by atoms with E-state index in [1.807, 2.05) is 60.7 Å². The fourth-order valence-electron chi connectivity index (χ4n) is 3.00. The van der Waals surface area contributed by atoms with E-state index >= 15 is 0 Å². The zero-order chi connectivity index (χ0) is 18.6. The second-order valence-electron chi connectivity index (χ2n) is 6.08. The molecule has 2 aromatic carbocycles. The molecule has 0 bridgehead atoms. The molecule has 4 aromatic rings. The quantitative estimate of drug-likeness (QED) is 0.548. The molecule has 0 spiro atoms. The lowest BCUT2D eigenvalue weighted by Crippen LogP contribution is -2.25. The lowest BCUT2D eigenvalue weighted by molar-refractivity contribution is 0.380. The maximum atomic E-state index is 13.2. The molecule has 0 atom stereocenters. The van der Waals surface area contributed by atoms with Crippen LogP contribution in [0.1, 0.15) is 5.56 Å². The molecule has 0 saturated heterocycles. The number of hydrogen-bond acceptors (Lipinski definition) is 5. The first-order valence-electron chi connectivity index (χ1n) is 8.67. The van der Waals surface area contributed by atoms with Crippen LogP contribution in [0.25, 0.3) is 22.4 Å². The van der Waals surface area contributed by atoms with E-state index in [9.17, 15) is 4.79 Å². The summed E-state index contributed by atoms with van der Waals surface area (Å²) in [6.07, 6.45) is 2.30. The van der Waals surface area contributed by atoms with Crippen molar-refractivity contribution in [3.05, 3.63) is 82.8 Å². The van der Waals surface area contributed by atoms with Crippen LogP contribution in [0.2, 0.25) is 0 Å². The number of aryl methyl sites for hydroxylation is 2. The highest BCUT2D eigenvalue weighted by molar-refractivity contribution is 5.73. The lowest BCUT2D eigenvalue weighted by Gasteiger charge is -2.12. The van der Waals surface area contributed by atoms with Crippen molar-refractivity contribution >= 4 is 11.2 Å². The van der Waals surface area contributed by atoms with Crippen molar-refractivity contribution in [1.29, 1.82) is 0 Å². The van der Waals surface area contributed by atoms with Gasteiger partial charge >= 0.3 is 6.01 Å². The number of hydrogen-bond donors (Lipinski definition) is 0. The van der Waals surface area contributed by atoms with Crippen molar-refractivity contribution in [2.75, 3.05) is 7.11 Å². The molecular weight excluding hydrogens is 340 g/mol. The van der Waals surface area contributed by atoms with Crippen LogP contribution in [0.3, 0.4) is 0 Å². The zero-order valence-corrected chi connectivity index (χ0v) is 14.9. The van der Waals surface area contributed by atoms with Crippen LogP contribution >= 0.6 is 0 Å². The molecule has 0 unspecified atom stereocenters. The van der Waals surface area contributed by atoms with Gasteiger partial charge in [0.1, 0.15) is 11.2 Å². The number of methoxy groups -OCH3 is 1. The van der Waals surface area contributed by atoms with Crippen molar-refractivity contribution < 1.29 is 4.74 Å². The highest BCUT2D eigenvalue weighted by Gasteiger charge is 2.15. The first-order valence-corrected chi connectivity index (χ1v) is 8.67. The van der Waals surface area contributed by atoms with Crippen molar-refractivity contribution in [3.63, 3.8) is 0 Å². The van der Waals surface area contributed by atoms with Gasteiger partial charge in [-0.3, -0.25) is 9.36 Å². The third-order valence-electron chi connectivity index (χ3n) is 4.36. The van der Waals surface area contributed by atoms with E-state index in [1.165, 1.54) is 7.11 Å². The Balaban J connectivity index is 1.87. The van der Waals surface area contributed by atoms with Crippen LogP contribution in [0, 0.1) is 0 Å². The first kappa shape index (κ1) is 16.9. The summed E-state index contributed by atoms with van der Waals surface area (Å²) < 4.78 is 6.78.